The van der Waals surface area contributed by atoms with Gasteiger partial charge in [0.05, 0.1) is 0 Å². The third-order valence-corrected chi connectivity index (χ3v) is 2.60. The molecule has 0 spiro atoms. The maximum atomic E-state index is 9.03. The minimum Gasteiger partial charge on any atom is -0.396 e. The number of aliphatic hydroxyl groups is 2. The molecular weight excluding hydrogens is 176 g/mol. The van der Waals surface area contributed by atoms with Gasteiger partial charge in [0.25, 0.3) is 0 Å². The minimum absolute atomic E-state index is 0.164. The Labute approximate surface area is 85.2 Å². The van der Waals surface area contributed by atoms with Gasteiger partial charge in [-0.2, -0.15) is 0 Å². The van der Waals surface area contributed by atoms with Gasteiger partial charge in [-0.05, 0) is 11.1 Å². The number of rotatable bonds is 4. The molecule has 0 aliphatic rings. The minimum atomic E-state index is 0.164. The summed E-state index contributed by atoms with van der Waals surface area (Å²) in [6.07, 6.45) is 0. The Morgan fingerprint density at radius 1 is 1.00 bits per heavy atom. The lowest BCUT2D eigenvalue weighted by Crippen LogP contribution is -2.03. The second-order valence-electron chi connectivity index (χ2n) is 3.84. The highest BCUT2D eigenvalue weighted by Crippen LogP contribution is 2.20. The van der Waals surface area contributed by atoms with E-state index in [4.69, 9.17) is 10.2 Å². The smallest absolute Gasteiger partial charge is 0.0497 e. The Balaban J connectivity index is 2.89. The molecular formula is C12H18O2. The normalized spacial score (nSPS) is 15.1. The zero-order valence-corrected chi connectivity index (χ0v) is 8.77. The monoisotopic (exact) mass is 194 g/mol. The van der Waals surface area contributed by atoms with Gasteiger partial charge in [-0.15, -0.1) is 0 Å². The van der Waals surface area contributed by atoms with E-state index in [9.17, 15) is 0 Å². The maximum absolute atomic E-state index is 9.03. The molecule has 2 nitrogen and oxygen atoms in total. The molecule has 0 saturated heterocycles. The number of aliphatic hydroxyl groups excluding tert-OH is 2. The zero-order chi connectivity index (χ0) is 10.6. The van der Waals surface area contributed by atoms with Crippen molar-refractivity contribution in [2.75, 3.05) is 13.2 Å². The summed E-state index contributed by atoms with van der Waals surface area (Å²) in [6.45, 7) is 4.30. The highest BCUT2D eigenvalue weighted by atomic mass is 16.3. The van der Waals surface area contributed by atoms with Crippen molar-refractivity contribution < 1.29 is 10.2 Å². The largest absolute Gasteiger partial charge is 0.396 e. The van der Waals surface area contributed by atoms with Crippen molar-refractivity contribution in [3.63, 3.8) is 0 Å². The van der Waals surface area contributed by atoms with Crippen molar-refractivity contribution in [3.05, 3.63) is 35.4 Å². The highest BCUT2D eigenvalue weighted by molar-refractivity contribution is 5.28. The molecule has 1 aromatic carbocycles. The Hall–Kier alpha value is -0.860. The average molecular weight is 194 g/mol. The van der Waals surface area contributed by atoms with Crippen LogP contribution in [-0.2, 0) is 0 Å². The van der Waals surface area contributed by atoms with Crippen LogP contribution in [0.15, 0.2) is 24.3 Å². The van der Waals surface area contributed by atoms with E-state index in [2.05, 4.69) is 6.07 Å². The molecule has 2 atom stereocenters. The van der Waals surface area contributed by atoms with Crippen molar-refractivity contribution in [2.24, 2.45) is 0 Å². The van der Waals surface area contributed by atoms with Crippen LogP contribution in [0.5, 0.6) is 0 Å². The summed E-state index contributed by atoms with van der Waals surface area (Å²) in [5.41, 5.74) is 2.26. The second-order valence-corrected chi connectivity index (χ2v) is 3.84. The van der Waals surface area contributed by atoms with Gasteiger partial charge < -0.3 is 10.2 Å². The van der Waals surface area contributed by atoms with Gasteiger partial charge in [-0.1, -0.05) is 38.1 Å². The van der Waals surface area contributed by atoms with E-state index < -0.39 is 0 Å². The number of hydrogen-bond donors (Lipinski definition) is 2. The Kier molecular flexibility index (Phi) is 4.11. The van der Waals surface area contributed by atoms with Crippen LogP contribution >= 0.6 is 0 Å². The Morgan fingerprint density at radius 2 is 1.43 bits per heavy atom. The van der Waals surface area contributed by atoms with Gasteiger partial charge in [0.2, 0.25) is 0 Å². The lowest BCUT2D eigenvalue weighted by Gasteiger charge is -2.13. The fraction of sp³-hybridized carbons (Fsp3) is 0.500. The molecule has 0 aliphatic heterocycles. The van der Waals surface area contributed by atoms with Gasteiger partial charge in [-0.3, -0.25) is 0 Å². The first kappa shape index (κ1) is 11.2. The van der Waals surface area contributed by atoms with E-state index in [1.807, 2.05) is 32.0 Å². The van der Waals surface area contributed by atoms with E-state index >= 15 is 0 Å². The first-order valence-corrected chi connectivity index (χ1v) is 5.00. The number of benzene rings is 1. The third kappa shape index (κ3) is 2.56. The van der Waals surface area contributed by atoms with E-state index in [0.29, 0.717) is 0 Å². The topological polar surface area (TPSA) is 40.5 Å². The average Bonchev–Trinajstić information content (AvgIpc) is 2.27. The van der Waals surface area contributed by atoms with Gasteiger partial charge >= 0.3 is 0 Å². The van der Waals surface area contributed by atoms with Gasteiger partial charge in [0.15, 0.2) is 0 Å². The molecule has 0 aromatic heterocycles. The van der Waals surface area contributed by atoms with Crippen LogP contribution in [0, 0.1) is 0 Å². The second kappa shape index (κ2) is 5.13. The molecule has 0 aliphatic carbocycles. The van der Waals surface area contributed by atoms with Crippen LogP contribution < -0.4 is 0 Å². The molecule has 0 heterocycles. The molecule has 78 valence electrons. The van der Waals surface area contributed by atoms with Crippen LogP contribution in [0.1, 0.15) is 36.8 Å². The van der Waals surface area contributed by atoms with Gasteiger partial charge in [0, 0.05) is 25.0 Å². The molecule has 0 bridgehead atoms. The maximum Gasteiger partial charge on any atom is 0.0497 e. The van der Waals surface area contributed by atoms with Crippen molar-refractivity contribution in [1.82, 2.24) is 0 Å². The van der Waals surface area contributed by atoms with Crippen LogP contribution in [0.2, 0.25) is 0 Å². The zero-order valence-electron chi connectivity index (χ0n) is 8.77. The summed E-state index contributed by atoms with van der Waals surface area (Å²) in [5, 5.41) is 18.1. The summed E-state index contributed by atoms with van der Waals surface area (Å²) < 4.78 is 0. The molecule has 0 saturated carbocycles. The van der Waals surface area contributed by atoms with Crippen molar-refractivity contribution >= 4 is 0 Å². The molecule has 2 N–H and O–H groups in total. The van der Waals surface area contributed by atoms with Crippen LogP contribution in [-0.4, -0.2) is 23.4 Å². The summed E-state index contributed by atoms with van der Waals surface area (Å²) >= 11 is 0. The first-order chi connectivity index (χ1) is 6.69. The summed E-state index contributed by atoms with van der Waals surface area (Å²) in [7, 11) is 0. The molecule has 0 amide bonds. The summed E-state index contributed by atoms with van der Waals surface area (Å²) in [6, 6.07) is 8.05. The van der Waals surface area contributed by atoms with E-state index in [1.165, 1.54) is 0 Å². The predicted molar refractivity (Wildman–Crippen MR) is 57.4 cm³/mol. The SMILES string of the molecule is CC(CO)c1cccc(C(C)CO)c1. The summed E-state index contributed by atoms with van der Waals surface area (Å²) in [4.78, 5) is 0. The predicted octanol–water partition coefficient (Wildman–Crippen LogP) is 1.88. The van der Waals surface area contributed by atoms with E-state index in [1.54, 1.807) is 0 Å². The van der Waals surface area contributed by atoms with Gasteiger partial charge in [-0.25, -0.2) is 0 Å². The molecule has 2 unspecified atom stereocenters. The third-order valence-electron chi connectivity index (χ3n) is 2.60. The fourth-order valence-electron chi connectivity index (χ4n) is 1.38. The first-order valence-electron chi connectivity index (χ1n) is 5.00. The standard InChI is InChI=1S/C12H18O2/c1-9(7-13)11-4-3-5-12(6-11)10(2)8-14/h3-6,9-10,13-14H,7-8H2,1-2H3. The molecule has 1 rings (SSSR count). The van der Waals surface area contributed by atoms with Crippen LogP contribution in [0.3, 0.4) is 0 Å². The quantitative estimate of drug-likeness (QED) is 0.768. The highest BCUT2D eigenvalue weighted by Gasteiger charge is 2.07. The lowest BCUT2D eigenvalue weighted by molar-refractivity contribution is 0.270. The van der Waals surface area contributed by atoms with Crippen molar-refractivity contribution in [3.8, 4) is 0 Å². The Morgan fingerprint density at radius 3 is 1.79 bits per heavy atom. The van der Waals surface area contributed by atoms with E-state index in [-0.39, 0.29) is 25.0 Å². The van der Waals surface area contributed by atoms with Crippen molar-refractivity contribution in [1.29, 1.82) is 0 Å². The van der Waals surface area contributed by atoms with Crippen molar-refractivity contribution in [2.45, 2.75) is 25.7 Å². The summed E-state index contributed by atoms with van der Waals surface area (Å²) in [5.74, 6) is 0.335. The van der Waals surface area contributed by atoms with Crippen LogP contribution in [0.25, 0.3) is 0 Å². The van der Waals surface area contributed by atoms with E-state index in [0.717, 1.165) is 11.1 Å². The molecule has 0 fully saturated rings. The van der Waals surface area contributed by atoms with Gasteiger partial charge in [0.1, 0.15) is 0 Å². The molecule has 0 radical (unpaired) electrons. The molecule has 1 aromatic rings. The Bertz CT molecular complexity index is 258. The number of hydrogen-bond acceptors (Lipinski definition) is 2. The molecule has 2 heteroatoms. The lowest BCUT2D eigenvalue weighted by atomic mass is 9.95. The fourth-order valence-corrected chi connectivity index (χ4v) is 1.38. The van der Waals surface area contributed by atoms with Crippen LogP contribution in [0.4, 0.5) is 0 Å². The molecule has 14 heavy (non-hydrogen) atoms.